The van der Waals surface area contributed by atoms with Crippen LogP contribution in [0.2, 0.25) is 5.02 Å². The maximum absolute atomic E-state index is 12.9. The first-order chi connectivity index (χ1) is 14.5. The lowest BCUT2D eigenvalue weighted by atomic mass is 10.0. The third kappa shape index (κ3) is 4.46. The van der Waals surface area contributed by atoms with E-state index < -0.39 is 0 Å². The van der Waals surface area contributed by atoms with E-state index in [1.807, 2.05) is 60.4 Å². The molecule has 0 atom stereocenters. The van der Waals surface area contributed by atoms with Crippen molar-refractivity contribution >= 4 is 17.5 Å². The number of ether oxygens (including phenoxy) is 1. The summed E-state index contributed by atoms with van der Waals surface area (Å²) in [5.74, 6) is 1.67. The fourth-order valence-electron chi connectivity index (χ4n) is 3.85. The Morgan fingerprint density at radius 2 is 1.73 bits per heavy atom. The Morgan fingerprint density at radius 1 is 1.03 bits per heavy atom. The summed E-state index contributed by atoms with van der Waals surface area (Å²) in [5.41, 5.74) is 5.12. The summed E-state index contributed by atoms with van der Waals surface area (Å²) in [6.45, 7) is 3.24. The molecule has 0 fully saturated rings. The van der Waals surface area contributed by atoms with Gasteiger partial charge in [-0.25, -0.2) is 9.97 Å². The maximum atomic E-state index is 12.9. The Kier molecular flexibility index (Phi) is 6.00. The lowest BCUT2D eigenvalue weighted by molar-refractivity contribution is -0.130. The van der Waals surface area contributed by atoms with E-state index in [4.69, 9.17) is 21.3 Å². The molecule has 0 unspecified atom stereocenters. The van der Waals surface area contributed by atoms with E-state index in [1.54, 1.807) is 7.11 Å². The van der Waals surface area contributed by atoms with E-state index in [1.165, 1.54) is 0 Å². The molecule has 0 radical (unpaired) electrons. The molecule has 1 aliphatic rings. The van der Waals surface area contributed by atoms with Gasteiger partial charge in [-0.05, 0) is 43.2 Å². The number of hydrogen-bond donors (Lipinski definition) is 0. The van der Waals surface area contributed by atoms with E-state index in [-0.39, 0.29) is 5.91 Å². The topological polar surface area (TPSA) is 55.3 Å². The third-order valence-corrected chi connectivity index (χ3v) is 5.69. The lowest BCUT2D eigenvalue weighted by Gasteiger charge is -2.20. The van der Waals surface area contributed by atoms with Crippen molar-refractivity contribution in [2.75, 3.05) is 20.2 Å². The number of carbonyl (C=O) groups is 1. The maximum Gasteiger partial charge on any atom is 0.227 e. The number of methoxy groups -OCH3 is 1. The third-order valence-electron chi connectivity index (χ3n) is 5.44. The average molecular weight is 422 g/mol. The summed E-state index contributed by atoms with van der Waals surface area (Å²) in [6, 6.07) is 15.4. The second-order valence-corrected chi connectivity index (χ2v) is 7.89. The summed E-state index contributed by atoms with van der Waals surface area (Å²) < 4.78 is 5.19. The number of benzene rings is 2. The molecule has 4 rings (SSSR count). The first-order valence-corrected chi connectivity index (χ1v) is 10.4. The minimum absolute atomic E-state index is 0.130. The molecule has 2 heterocycles. The summed E-state index contributed by atoms with van der Waals surface area (Å²) in [4.78, 5) is 24.3. The van der Waals surface area contributed by atoms with Gasteiger partial charge in [0.05, 0.1) is 19.2 Å². The minimum atomic E-state index is 0.130. The average Bonchev–Trinajstić information content (AvgIpc) is 2.97. The Labute approximate surface area is 181 Å². The summed E-state index contributed by atoms with van der Waals surface area (Å²) >= 11 is 6.05. The first-order valence-electron chi connectivity index (χ1n) is 10.1. The normalized spacial score (nSPS) is 13.5. The molecule has 1 aromatic heterocycles. The number of hydrogen-bond acceptors (Lipinski definition) is 4. The molecule has 0 aliphatic carbocycles. The summed E-state index contributed by atoms with van der Waals surface area (Å²) in [5, 5.41) is 0.700. The Balaban J connectivity index is 1.53. The van der Waals surface area contributed by atoms with Crippen LogP contribution in [0.25, 0.3) is 11.3 Å². The predicted molar refractivity (Wildman–Crippen MR) is 118 cm³/mol. The van der Waals surface area contributed by atoms with Crippen LogP contribution in [0.15, 0.2) is 48.5 Å². The van der Waals surface area contributed by atoms with E-state index in [2.05, 4.69) is 4.98 Å². The molecule has 1 amide bonds. The molecule has 0 bridgehead atoms. The number of halogens is 1. The highest BCUT2D eigenvalue weighted by molar-refractivity contribution is 6.30. The number of rotatable bonds is 4. The smallest absolute Gasteiger partial charge is 0.227 e. The molecule has 5 nitrogen and oxygen atoms in total. The number of amides is 1. The number of carbonyl (C=O) groups excluding carboxylic acids is 1. The van der Waals surface area contributed by atoms with Crippen molar-refractivity contribution < 1.29 is 9.53 Å². The zero-order valence-corrected chi connectivity index (χ0v) is 17.9. The van der Waals surface area contributed by atoms with Crippen molar-refractivity contribution in [3.8, 4) is 17.0 Å². The van der Waals surface area contributed by atoms with Gasteiger partial charge in [-0.2, -0.15) is 0 Å². The zero-order chi connectivity index (χ0) is 21.1. The monoisotopic (exact) mass is 421 g/mol. The number of aromatic nitrogens is 2. The van der Waals surface area contributed by atoms with Crippen molar-refractivity contribution in [3.05, 3.63) is 76.2 Å². The van der Waals surface area contributed by atoms with Gasteiger partial charge < -0.3 is 9.64 Å². The number of aryl methyl sites for hydroxylation is 1. The Bertz CT molecular complexity index is 1050. The van der Waals surface area contributed by atoms with Crippen molar-refractivity contribution in [2.45, 2.75) is 26.2 Å². The second-order valence-electron chi connectivity index (χ2n) is 7.46. The number of fused-ring (bicyclic) bond motifs is 1. The molecule has 2 aromatic carbocycles. The van der Waals surface area contributed by atoms with Crippen LogP contribution in [-0.2, 0) is 24.1 Å². The molecule has 6 heteroatoms. The van der Waals surface area contributed by atoms with Crippen molar-refractivity contribution in [2.24, 2.45) is 0 Å². The van der Waals surface area contributed by atoms with Gasteiger partial charge in [0.15, 0.2) is 0 Å². The molecular weight excluding hydrogens is 398 g/mol. The molecule has 0 spiro atoms. The molecule has 0 saturated heterocycles. The van der Waals surface area contributed by atoms with E-state index in [0.29, 0.717) is 24.5 Å². The molecule has 154 valence electrons. The van der Waals surface area contributed by atoms with E-state index >= 15 is 0 Å². The second kappa shape index (κ2) is 8.84. The summed E-state index contributed by atoms with van der Waals surface area (Å²) in [6.07, 6.45) is 1.85. The highest BCUT2D eigenvalue weighted by Crippen LogP contribution is 2.28. The van der Waals surface area contributed by atoms with Crippen LogP contribution in [-0.4, -0.2) is 41.0 Å². The minimum Gasteiger partial charge on any atom is -0.497 e. The number of nitrogens with zero attached hydrogens (tertiary/aromatic N) is 3. The summed E-state index contributed by atoms with van der Waals surface area (Å²) in [7, 11) is 1.64. The van der Waals surface area contributed by atoms with Crippen LogP contribution in [0.4, 0.5) is 0 Å². The molecular formula is C24H24ClN3O2. The first kappa shape index (κ1) is 20.4. The molecule has 30 heavy (non-hydrogen) atoms. The van der Waals surface area contributed by atoms with Crippen LogP contribution < -0.4 is 4.74 Å². The van der Waals surface area contributed by atoms with E-state index in [9.17, 15) is 4.79 Å². The standard InChI is InChI=1S/C24H24ClN3O2/c1-16-26-22-12-14-28(23(29)15-17-3-9-20(30-2)10-4-17)13-11-21(22)24(27-16)18-5-7-19(25)8-6-18/h3-10H,11-15H2,1-2H3. The predicted octanol–water partition coefficient (Wildman–Crippen LogP) is 4.28. The zero-order valence-electron chi connectivity index (χ0n) is 17.2. The van der Waals surface area contributed by atoms with Gasteiger partial charge in [-0.3, -0.25) is 4.79 Å². The van der Waals surface area contributed by atoms with Gasteiger partial charge in [0, 0.05) is 41.4 Å². The largest absolute Gasteiger partial charge is 0.497 e. The van der Waals surface area contributed by atoms with Gasteiger partial charge in [0.25, 0.3) is 0 Å². The van der Waals surface area contributed by atoms with Crippen LogP contribution in [0, 0.1) is 6.92 Å². The highest BCUT2D eigenvalue weighted by atomic mass is 35.5. The van der Waals surface area contributed by atoms with Crippen LogP contribution in [0.1, 0.15) is 22.6 Å². The fraction of sp³-hybridized carbons (Fsp3) is 0.292. The SMILES string of the molecule is COc1ccc(CC(=O)N2CCc3nc(C)nc(-c4ccc(Cl)cc4)c3CC2)cc1. The van der Waals surface area contributed by atoms with Crippen molar-refractivity contribution in [3.63, 3.8) is 0 Å². The Hall–Kier alpha value is -2.92. The van der Waals surface area contributed by atoms with Crippen LogP contribution in [0.5, 0.6) is 5.75 Å². The quantitative estimate of drug-likeness (QED) is 0.630. The van der Waals surface area contributed by atoms with Crippen LogP contribution in [0.3, 0.4) is 0 Å². The van der Waals surface area contributed by atoms with Gasteiger partial charge in [-0.1, -0.05) is 35.9 Å². The van der Waals surface area contributed by atoms with Gasteiger partial charge >= 0.3 is 0 Å². The lowest BCUT2D eigenvalue weighted by Crippen LogP contribution is -2.34. The molecule has 1 aliphatic heterocycles. The Morgan fingerprint density at radius 3 is 2.43 bits per heavy atom. The highest BCUT2D eigenvalue weighted by Gasteiger charge is 2.23. The molecule has 3 aromatic rings. The van der Waals surface area contributed by atoms with Gasteiger partial charge in [0.2, 0.25) is 5.91 Å². The van der Waals surface area contributed by atoms with E-state index in [0.717, 1.165) is 52.5 Å². The molecule has 0 saturated carbocycles. The van der Waals surface area contributed by atoms with Crippen LogP contribution >= 0.6 is 11.6 Å². The van der Waals surface area contributed by atoms with Crippen molar-refractivity contribution in [1.82, 2.24) is 14.9 Å². The van der Waals surface area contributed by atoms with Gasteiger partial charge in [-0.15, -0.1) is 0 Å². The van der Waals surface area contributed by atoms with Crippen molar-refractivity contribution in [1.29, 1.82) is 0 Å². The molecule has 0 N–H and O–H groups in total. The van der Waals surface area contributed by atoms with Gasteiger partial charge in [0.1, 0.15) is 11.6 Å². The fourth-order valence-corrected chi connectivity index (χ4v) is 3.97.